The van der Waals surface area contributed by atoms with E-state index >= 15 is 0 Å². The number of carbonyl (C=O) groups is 1. The monoisotopic (exact) mass is 325 g/mol. The van der Waals surface area contributed by atoms with Gasteiger partial charge in [-0.1, -0.05) is 30.3 Å². The molecule has 0 saturated carbocycles. The molecule has 2 aromatic rings. The van der Waals surface area contributed by atoms with E-state index in [1.807, 2.05) is 25.1 Å². The minimum Gasteiger partial charge on any atom is -0.494 e. The minimum atomic E-state index is 0.0879. The lowest BCUT2D eigenvalue weighted by Crippen LogP contribution is -2.26. The van der Waals surface area contributed by atoms with Gasteiger partial charge in [0.05, 0.1) is 13.0 Å². The third kappa shape index (κ3) is 5.73. The van der Waals surface area contributed by atoms with E-state index in [1.54, 1.807) is 0 Å². The fraction of sp³-hybridized carbons (Fsp3) is 0.381. The molecule has 0 unspecified atom stereocenters. The first kappa shape index (κ1) is 18.1. The predicted octanol–water partition coefficient (Wildman–Crippen LogP) is 3.99. The number of aryl methyl sites for hydroxylation is 3. The summed E-state index contributed by atoms with van der Waals surface area (Å²) in [6.45, 7) is 7.53. The maximum absolute atomic E-state index is 12.0. The SMILES string of the molecule is CCOc1ccc(CCCNC(=O)Cc2ccc(C)c(C)c2)cc1. The summed E-state index contributed by atoms with van der Waals surface area (Å²) in [7, 11) is 0. The second kappa shape index (κ2) is 9.11. The number of ether oxygens (including phenoxy) is 1. The van der Waals surface area contributed by atoms with Gasteiger partial charge >= 0.3 is 0 Å². The van der Waals surface area contributed by atoms with E-state index < -0.39 is 0 Å². The smallest absolute Gasteiger partial charge is 0.224 e. The van der Waals surface area contributed by atoms with Gasteiger partial charge in [0.25, 0.3) is 0 Å². The molecule has 0 bridgehead atoms. The third-order valence-electron chi connectivity index (χ3n) is 4.13. The molecule has 0 heterocycles. The van der Waals surface area contributed by atoms with Gasteiger partial charge in [-0.05, 0) is 68.0 Å². The van der Waals surface area contributed by atoms with E-state index in [0.29, 0.717) is 19.6 Å². The van der Waals surface area contributed by atoms with E-state index in [-0.39, 0.29) is 5.91 Å². The molecule has 3 heteroatoms. The quantitative estimate of drug-likeness (QED) is 0.745. The highest BCUT2D eigenvalue weighted by Crippen LogP contribution is 2.13. The molecular weight excluding hydrogens is 298 g/mol. The van der Waals surface area contributed by atoms with Crippen LogP contribution < -0.4 is 10.1 Å². The van der Waals surface area contributed by atoms with Crippen molar-refractivity contribution in [2.24, 2.45) is 0 Å². The lowest BCUT2D eigenvalue weighted by Gasteiger charge is -2.08. The molecule has 2 aromatic carbocycles. The van der Waals surface area contributed by atoms with Crippen LogP contribution in [0.25, 0.3) is 0 Å². The van der Waals surface area contributed by atoms with E-state index in [4.69, 9.17) is 4.74 Å². The summed E-state index contributed by atoms with van der Waals surface area (Å²) in [5.41, 5.74) is 4.83. The number of rotatable bonds is 8. The average Bonchev–Trinajstić information content (AvgIpc) is 2.57. The molecule has 128 valence electrons. The molecule has 1 N–H and O–H groups in total. The second-order valence-electron chi connectivity index (χ2n) is 6.13. The van der Waals surface area contributed by atoms with Crippen molar-refractivity contribution in [2.75, 3.05) is 13.2 Å². The van der Waals surface area contributed by atoms with Crippen LogP contribution >= 0.6 is 0 Å². The van der Waals surface area contributed by atoms with Crippen LogP contribution in [-0.4, -0.2) is 19.1 Å². The van der Waals surface area contributed by atoms with Crippen LogP contribution in [0.3, 0.4) is 0 Å². The van der Waals surface area contributed by atoms with Gasteiger partial charge in [0, 0.05) is 6.54 Å². The van der Waals surface area contributed by atoms with Gasteiger partial charge in [-0.25, -0.2) is 0 Å². The maximum Gasteiger partial charge on any atom is 0.224 e. The van der Waals surface area contributed by atoms with Gasteiger partial charge in [-0.15, -0.1) is 0 Å². The average molecular weight is 325 g/mol. The summed E-state index contributed by atoms with van der Waals surface area (Å²) in [6.07, 6.45) is 2.34. The van der Waals surface area contributed by atoms with Crippen LogP contribution in [0.1, 0.15) is 35.6 Å². The number of benzene rings is 2. The van der Waals surface area contributed by atoms with Crippen molar-refractivity contribution in [1.29, 1.82) is 0 Å². The third-order valence-corrected chi connectivity index (χ3v) is 4.13. The minimum absolute atomic E-state index is 0.0879. The van der Waals surface area contributed by atoms with Crippen molar-refractivity contribution in [3.8, 4) is 5.75 Å². The van der Waals surface area contributed by atoms with Gasteiger partial charge in [-0.3, -0.25) is 4.79 Å². The molecule has 0 saturated heterocycles. The molecule has 0 fully saturated rings. The fourth-order valence-corrected chi connectivity index (χ4v) is 2.60. The fourth-order valence-electron chi connectivity index (χ4n) is 2.60. The molecule has 0 aliphatic rings. The number of hydrogen-bond donors (Lipinski definition) is 1. The summed E-state index contributed by atoms with van der Waals surface area (Å²) in [5.74, 6) is 0.993. The van der Waals surface area contributed by atoms with Gasteiger partial charge < -0.3 is 10.1 Å². The van der Waals surface area contributed by atoms with Crippen LogP contribution in [-0.2, 0) is 17.6 Å². The Kier molecular flexibility index (Phi) is 6.86. The molecule has 0 aliphatic heterocycles. The molecular formula is C21H27NO2. The van der Waals surface area contributed by atoms with Gasteiger partial charge in [-0.2, -0.15) is 0 Å². The normalized spacial score (nSPS) is 10.5. The molecule has 2 rings (SSSR count). The Labute approximate surface area is 145 Å². The Morgan fingerprint density at radius 2 is 1.71 bits per heavy atom. The Balaban J connectivity index is 1.69. The highest BCUT2D eigenvalue weighted by molar-refractivity contribution is 5.78. The summed E-state index contributed by atoms with van der Waals surface area (Å²) in [5, 5.41) is 3.00. The molecule has 0 spiro atoms. The van der Waals surface area contributed by atoms with Gasteiger partial charge in [0.2, 0.25) is 5.91 Å². The van der Waals surface area contributed by atoms with Crippen LogP contribution in [0.15, 0.2) is 42.5 Å². The largest absolute Gasteiger partial charge is 0.494 e. The van der Waals surface area contributed by atoms with Gasteiger partial charge in [0.15, 0.2) is 0 Å². The summed E-state index contributed by atoms with van der Waals surface area (Å²) >= 11 is 0. The predicted molar refractivity (Wildman–Crippen MR) is 98.6 cm³/mol. The van der Waals surface area contributed by atoms with Crippen LogP contribution in [0.4, 0.5) is 0 Å². The summed E-state index contributed by atoms with van der Waals surface area (Å²) in [4.78, 5) is 12.0. The van der Waals surface area contributed by atoms with Crippen molar-refractivity contribution in [1.82, 2.24) is 5.32 Å². The van der Waals surface area contributed by atoms with Crippen molar-refractivity contribution >= 4 is 5.91 Å². The lowest BCUT2D eigenvalue weighted by molar-refractivity contribution is -0.120. The van der Waals surface area contributed by atoms with Crippen molar-refractivity contribution in [2.45, 2.75) is 40.0 Å². The van der Waals surface area contributed by atoms with Crippen LogP contribution in [0.2, 0.25) is 0 Å². The molecule has 0 atom stereocenters. The molecule has 0 aromatic heterocycles. The number of nitrogens with one attached hydrogen (secondary N) is 1. The molecule has 3 nitrogen and oxygen atoms in total. The van der Waals surface area contributed by atoms with E-state index in [1.165, 1.54) is 16.7 Å². The first-order valence-corrected chi connectivity index (χ1v) is 8.63. The summed E-state index contributed by atoms with van der Waals surface area (Å²) in [6, 6.07) is 14.4. The Morgan fingerprint density at radius 1 is 1.00 bits per heavy atom. The zero-order valence-corrected chi connectivity index (χ0v) is 14.9. The Hall–Kier alpha value is -2.29. The van der Waals surface area contributed by atoms with Crippen LogP contribution in [0.5, 0.6) is 5.75 Å². The first-order valence-electron chi connectivity index (χ1n) is 8.63. The van der Waals surface area contributed by atoms with E-state index in [2.05, 4.69) is 43.4 Å². The maximum atomic E-state index is 12.0. The van der Waals surface area contributed by atoms with Crippen molar-refractivity contribution < 1.29 is 9.53 Å². The van der Waals surface area contributed by atoms with E-state index in [9.17, 15) is 4.79 Å². The second-order valence-corrected chi connectivity index (χ2v) is 6.13. The standard InChI is InChI=1S/C21H27NO2/c1-4-24-20-11-9-18(10-12-20)6-5-13-22-21(23)15-19-8-7-16(2)17(3)14-19/h7-12,14H,4-6,13,15H2,1-3H3,(H,22,23). The first-order chi connectivity index (χ1) is 11.6. The van der Waals surface area contributed by atoms with Crippen LogP contribution in [0, 0.1) is 13.8 Å². The molecule has 0 radical (unpaired) electrons. The topological polar surface area (TPSA) is 38.3 Å². The number of hydrogen-bond acceptors (Lipinski definition) is 2. The summed E-state index contributed by atoms with van der Waals surface area (Å²) < 4.78 is 5.43. The highest BCUT2D eigenvalue weighted by atomic mass is 16.5. The molecule has 24 heavy (non-hydrogen) atoms. The number of amides is 1. The zero-order valence-electron chi connectivity index (χ0n) is 14.9. The van der Waals surface area contributed by atoms with E-state index in [0.717, 1.165) is 24.2 Å². The molecule has 0 aliphatic carbocycles. The van der Waals surface area contributed by atoms with Crippen molar-refractivity contribution in [3.63, 3.8) is 0 Å². The van der Waals surface area contributed by atoms with Crippen molar-refractivity contribution in [3.05, 3.63) is 64.7 Å². The number of carbonyl (C=O) groups excluding carboxylic acids is 1. The molecule has 1 amide bonds. The Bertz CT molecular complexity index is 662. The zero-order chi connectivity index (χ0) is 17.4. The Morgan fingerprint density at radius 3 is 2.38 bits per heavy atom. The highest BCUT2D eigenvalue weighted by Gasteiger charge is 2.04. The van der Waals surface area contributed by atoms with Gasteiger partial charge in [0.1, 0.15) is 5.75 Å². The lowest BCUT2D eigenvalue weighted by atomic mass is 10.0.